The van der Waals surface area contributed by atoms with Crippen LogP contribution in [0, 0.1) is 35.3 Å². The summed E-state index contributed by atoms with van der Waals surface area (Å²) in [7, 11) is 0. The van der Waals surface area contributed by atoms with Gasteiger partial charge in [-0.3, -0.25) is 34.3 Å². The minimum absolute atomic E-state index is 0.00800. The van der Waals surface area contributed by atoms with Crippen LogP contribution >= 0.6 is 11.6 Å². The van der Waals surface area contributed by atoms with E-state index in [2.05, 4.69) is 5.43 Å². The Labute approximate surface area is 277 Å². The molecule has 3 aromatic carbocycles. The van der Waals surface area contributed by atoms with Crippen molar-refractivity contribution < 1.29 is 43.0 Å². The Morgan fingerprint density at radius 2 is 1.65 bits per heavy atom. The molecule has 246 valence electrons. The van der Waals surface area contributed by atoms with Crippen LogP contribution in [0.3, 0.4) is 0 Å². The maximum atomic E-state index is 15.1. The van der Waals surface area contributed by atoms with Gasteiger partial charge in [-0.2, -0.15) is 5.01 Å². The van der Waals surface area contributed by atoms with E-state index in [0.717, 1.165) is 28.1 Å². The molecule has 2 aliphatic heterocycles. The van der Waals surface area contributed by atoms with Gasteiger partial charge in [0, 0.05) is 23.0 Å². The van der Waals surface area contributed by atoms with Gasteiger partial charge in [-0.1, -0.05) is 47.5 Å². The summed E-state index contributed by atoms with van der Waals surface area (Å²) in [6.45, 7) is -0.318. The van der Waals surface area contributed by atoms with Gasteiger partial charge in [-0.05, 0) is 66.8 Å². The summed E-state index contributed by atoms with van der Waals surface area (Å²) in [4.78, 5) is 69.1. The number of para-hydroxylation sites is 1. The van der Waals surface area contributed by atoms with Crippen LogP contribution in [0.25, 0.3) is 0 Å². The monoisotopic (exact) mass is 675 g/mol. The molecule has 2 aliphatic carbocycles. The molecule has 2 saturated heterocycles. The van der Waals surface area contributed by atoms with Gasteiger partial charge in [0.05, 0.1) is 35.3 Å². The van der Waals surface area contributed by atoms with Crippen molar-refractivity contribution in [1.29, 1.82) is 0 Å². The highest BCUT2D eigenvalue weighted by Crippen LogP contribution is 2.65. The Kier molecular flexibility index (Phi) is 7.58. The number of nitrogens with zero attached hydrogens (tertiary/aromatic N) is 2. The number of carboxylic acids is 1. The Bertz CT molecular complexity index is 1920. The second kappa shape index (κ2) is 11.6. The molecule has 4 aliphatic rings. The van der Waals surface area contributed by atoms with Crippen molar-refractivity contribution in [3.8, 4) is 5.75 Å². The molecule has 0 bridgehead atoms. The molecule has 1 saturated carbocycles. The normalized spacial score (nSPS) is 27.8. The largest absolute Gasteiger partial charge is 0.505 e. The van der Waals surface area contributed by atoms with Crippen LogP contribution < -0.4 is 5.43 Å². The number of nitrogens with one attached hydrogen (secondary N) is 1. The number of fused-ring (bicyclic) bond motifs is 4. The highest BCUT2D eigenvalue weighted by Gasteiger charge is 2.70. The van der Waals surface area contributed by atoms with Gasteiger partial charge in [0.1, 0.15) is 5.82 Å². The number of amides is 4. The average molecular weight is 676 g/mol. The summed E-state index contributed by atoms with van der Waals surface area (Å²) in [5, 5.41) is 21.6. The van der Waals surface area contributed by atoms with Crippen molar-refractivity contribution in [2.45, 2.75) is 30.6 Å². The minimum atomic E-state index is -1.79. The van der Waals surface area contributed by atoms with Gasteiger partial charge >= 0.3 is 5.97 Å². The first-order valence-corrected chi connectivity index (χ1v) is 15.7. The number of carbonyl (C=O) groups is 5. The molecule has 4 amide bonds. The number of aromatic hydroxyl groups is 1. The Balaban J connectivity index is 1.44. The maximum Gasteiger partial charge on any atom is 0.305 e. The third-order valence-electron chi connectivity index (χ3n) is 10.2. The molecule has 10 nitrogen and oxygen atoms in total. The second-order valence-corrected chi connectivity index (χ2v) is 13.0. The van der Waals surface area contributed by atoms with Crippen molar-refractivity contribution in [2.24, 2.45) is 23.7 Å². The number of halogens is 3. The van der Waals surface area contributed by atoms with E-state index in [9.17, 15) is 38.6 Å². The van der Waals surface area contributed by atoms with Crippen LogP contribution in [0.2, 0.25) is 5.02 Å². The van der Waals surface area contributed by atoms with E-state index in [0.29, 0.717) is 16.2 Å². The molecule has 2 heterocycles. The number of aliphatic carboxylic acids is 1. The molecule has 0 aromatic heterocycles. The van der Waals surface area contributed by atoms with Crippen molar-refractivity contribution in [3.63, 3.8) is 0 Å². The number of carbonyl (C=O) groups excluding carboxylic acids is 4. The van der Waals surface area contributed by atoms with E-state index in [1.807, 2.05) is 0 Å². The lowest BCUT2D eigenvalue weighted by molar-refractivity contribution is -0.143. The molecule has 3 N–H and O–H groups in total. The first-order valence-electron chi connectivity index (χ1n) is 15.4. The first kappa shape index (κ1) is 31.5. The fourth-order valence-corrected chi connectivity index (χ4v) is 8.38. The van der Waals surface area contributed by atoms with Gasteiger partial charge in [0.15, 0.2) is 11.6 Å². The second-order valence-electron chi connectivity index (χ2n) is 12.5. The Morgan fingerprint density at radius 1 is 0.938 bits per heavy atom. The molecular formula is C35H28ClF2N3O7. The zero-order chi connectivity index (χ0) is 34.1. The van der Waals surface area contributed by atoms with Crippen molar-refractivity contribution in [2.75, 3.05) is 12.0 Å². The van der Waals surface area contributed by atoms with Crippen molar-refractivity contribution >= 4 is 46.9 Å². The summed E-state index contributed by atoms with van der Waals surface area (Å²) in [5.41, 5.74) is 2.09. The van der Waals surface area contributed by atoms with Gasteiger partial charge < -0.3 is 10.2 Å². The molecule has 3 fully saturated rings. The number of likely N-dealkylation sites (tertiary alicyclic amines) is 1. The average Bonchev–Trinajstić information content (AvgIpc) is 3.43. The smallest absolute Gasteiger partial charge is 0.305 e. The quantitative estimate of drug-likeness (QED) is 0.240. The topological polar surface area (TPSA) is 144 Å². The SMILES string of the molecule is O=C(O)CCN1C(=O)C2CC=C3C(CC4C(=O)N(Nc5ccc(F)cc5)C(=O)C4(c4ccc(Cl)cc4)C3c3cccc(F)c3O)C2C1=O. The van der Waals surface area contributed by atoms with Crippen molar-refractivity contribution in [1.82, 2.24) is 9.91 Å². The number of allylic oxidation sites excluding steroid dienone is 2. The van der Waals surface area contributed by atoms with Gasteiger partial charge in [0.2, 0.25) is 11.8 Å². The predicted octanol–water partition coefficient (Wildman–Crippen LogP) is 4.78. The Morgan fingerprint density at radius 3 is 2.33 bits per heavy atom. The van der Waals surface area contributed by atoms with Crippen LogP contribution in [-0.2, 0) is 29.4 Å². The lowest BCUT2D eigenvalue weighted by Crippen LogP contribution is -2.53. The molecule has 48 heavy (non-hydrogen) atoms. The van der Waals surface area contributed by atoms with E-state index >= 15 is 4.39 Å². The number of anilines is 1. The lowest BCUT2D eigenvalue weighted by atomic mass is 9.49. The fraction of sp³-hybridized carbons (Fsp3) is 0.286. The standard InChI is InChI=1S/C35H28ClF2N3O7/c36-18-6-4-17(5-7-18)35-25(32(46)41(34(35)48)39-20-10-8-19(37)9-11-20)16-24-21(29(35)23-2-1-3-26(38)30(23)44)12-13-22-28(24)33(47)40(31(22)45)15-14-27(42)43/h1-12,22,24-25,28-29,39,44H,13-16H2,(H,42,43). The summed E-state index contributed by atoms with van der Waals surface area (Å²) >= 11 is 6.25. The minimum Gasteiger partial charge on any atom is -0.505 e. The summed E-state index contributed by atoms with van der Waals surface area (Å²) in [6.07, 6.45) is 1.29. The molecule has 6 atom stereocenters. The number of hydrazine groups is 1. The number of imide groups is 2. The maximum absolute atomic E-state index is 15.1. The summed E-state index contributed by atoms with van der Waals surface area (Å²) in [5.74, 6) is -10.9. The Hall–Kier alpha value is -5.10. The molecule has 6 unspecified atom stereocenters. The van der Waals surface area contributed by atoms with Crippen LogP contribution in [-0.4, -0.2) is 56.3 Å². The predicted molar refractivity (Wildman–Crippen MR) is 166 cm³/mol. The third-order valence-corrected chi connectivity index (χ3v) is 10.5. The van der Waals surface area contributed by atoms with E-state index in [-0.39, 0.29) is 30.6 Å². The van der Waals surface area contributed by atoms with E-state index in [4.69, 9.17) is 11.6 Å². The number of phenols is 1. The first-order chi connectivity index (χ1) is 22.9. The molecule has 13 heteroatoms. The third kappa shape index (κ3) is 4.61. The number of phenolic OH excluding ortho intramolecular Hbond substituents is 1. The number of benzene rings is 3. The van der Waals surface area contributed by atoms with Crippen LogP contribution in [0.1, 0.15) is 36.3 Å². The van der Waals surface area contributed by atoms with Gasteiger partial charge in [-0.25, -0.2) is 8.78 Å². The number of rotatable bonds is 7. The summed E-state index contributed by atoms with van der Waals surface area (Å²) < 4.78 is 28.9. The van der Waals surface area contributed by atoms with Crippen molar-refractivity contribution in [3.05, 3.63) is 106 Å². The highest BCUT2D eigenvalue weighted by atomic mass is 35.5. The van der Waals surface area contributed by atoms with Gasteiger partial charge in [0.25, 0.3) is 11.8 Å². The summed E-state index contributed by atoms with van der Waals surface area (Å²) in [6, 6.07) is 15.2. The van der Waals surface area contributed by atoms with Crippen LogP contribution in [0.5, 0.6) is 5.75 Å². The molecule has 7 rings (SSSR count). The van der Waals surface area contributed by atoms with Gasteiger partial charge in [-0.15, -0.1) is 0 Å². The molecule has 3 aromatic rings. The lowest BCUT2D eigenvalue weighted by Gasteiger charge is -2.50. The molecule has 0 spiro atoms. The van der Waals surface area contributed by atoms with E-state index in [1.165, 1.54) is 24.3 Å². The van der Waals surface area contributed by atoms with Crippen LogP contribution in [0.4, 0.5) is 14.5 Å². The molecular weight excluding hydrogens is 648 g/mol. The molecule has 0 radical (unpaired) electrons. The fourth-order valence-electron chi connectivity index (χ4n) is 8.26. The van der Waals surface area contributed by atoms with Crippen LogP contribution in [0.15, 0.2) is 78.4 Å². The highest BCUT2D eigenvalue weighted by molar-refractivity contribution is 6.30. The number of carboxylic acid groups (broad SMARTS) is 1. The van der Waals surface area contributed by atoms with E-state index < -0.39 is 88.4 Å². The zero-order valence-corrected chi connectivity index (χ0v) is 25.9. The number of hydrogen-bond acceptors (Lipinski definition) is 7. The number of hydrogen-bond donors (Lipinski definition) is 3. The van der Waals surface area contributed by atoms with E-state index in [1.54, 1.807) is 30.3 Å². The zero-order valence-electron chi connectivity index (χ0n) is 25.1.